The van der Waals surface area contributed by atoms with Crippen LogP contribution in [0.4, 0.5) is 4.39 Å². The van der Waals surface area contributed by atoms with Crippen molar-refractivity contribution < 1.29 is 18.3 Å². The molecule has 0 saturated heterocycles. The van der Waals surface area contributed by atoms with Crippen LogP contribution in [0.15, 0.2) is 58.4 Å². The summed E-state index contributed by atoms with van der Waals surface area (Å²) >= 11 is 1.32. The zero-order valence-electron chi connectivity index (χ0n) is 14.8. The van der Waals surface area contributed by atoms with Crippen LogP contribution in [-0.4, -0.2) is 32.7 Å². The van der Waals surface area contributed by atoms with E-state index in [0.29, 0.717) is 33.6 Å². The first-order chi connectivity index (χ1) is 13.6. The summed E-state index contributed by atoms with van der Waals surface area (Å²) in [7, 11) is 1.33. The van der Waals surface area contributed by atoms with E-state index in [4.69, 9.17) is 9.15 Å². The Hall–Kier alpha value is -3.20. The van der Waals surface area contributed by atoms with Gasteiger partial charge in [0, 0.05) is 18.1 Å². The minimum Gasteiger partial charge on any atom is -0.465 e. The molecule has 0 N–H and O–H groups in total. The number of nitrogens with zero attached hydrogens (tertiary/aromatic N) is 4. The second-order valence-corrected chi connectivity index (χ2v) is 6.82. The molecular weight excluding hydrogens is 383 g/mol. The van der Waals surface area contributed by atoms with Crippen LogP contribution in [0.3, 0.4) is 0 Å². The Bertz CT molecular complexity index is 1140. The number of thioether (sulfide) groups is 1. The molecule has 0 bridgehead atoms. The molecule has 0 radical (unpaired) electrons. The molecule has 3 heterocycles. The quantitative estimate of drug-likeness (QED) is 0.363. The molecule has 0 aliphatic rings. The Morgan fingerprint density at radius 1 is 1.25 bits per heavy atom. The van der Waals surface area contributed by atoms with Crippen LogP contribution >= 0.6 is 11.8 Å². The molecule has 1 aromatic carbocycles. The van der Waals surface area contributed by atoms with Crippen LogP contribution in [0.1, 0.15) is 27.5 Å². The van der Waals surface area contributed by atoms with Gasteiger partial charge in [-0.2, -0.15) is 0 Å². The van der Waals surface area contributed by atoms with E-state index in [1.54, 1.807) is 34.7 Å². The van der Waals surface area contributed by atoms with Crippen LogP contribution in [0.2, 0.25) is 0 Å². The monoisotopic (exact) mass is 398 g/mol. The smallest absolute Gasteiger partial charge is 0.341 e. The van der Waals surface area contributed by atoms with Gasteiger partial charge in [0.25, 0.3) is 5.22 Å². The van der Waals surface area contributed by atoms with Gasteiger partial charge < -0.3 is 13.6 Å². The summed E-state index contributed by atoms with van der Waals surface area (Å²) in [4.78, 5) is 16.3. The predicted octanol–water partition coefficient (Wildman–Crippen LogP) is 3.53. The van der Waals surface area contributed by atoms with Crippen molar-refractivity contribution in [2.45, 2.75) is 17.4 Å². The number of aromatic nitrogens is 4. The number of carbonyl (C=O) groups excluding carboxylic acids is 1. The lowest BCUT2D eigenvalue weighted by Crippen LogP contribution is -2.03. The number of hydrogen-bond donors (Lipinski definition) is 0. The number of esters is 1. The summed E-state index contributed by atoms with van der Waals surface area (Å²) in [6.45, 7) is 0. The van der Waals surface area contributed by atoms with Gasteiger partial charge in [0.2, 0.25) is 5.89 Å². The minimum atomic E-state index is -0.440. The highest BCUT2D eigenvalue weighted by atomic mass is 32.2. The van der Waals surface area contributed by atoms with E-state index in [0.717, 1.165) is 5.69 Å². The van der Waals surface area contributed by atoms with Crippen molar-refractivity contribution in [1.82, 2.24) is 19.6 Å². The molecule has 3 aromatic heterocycles. The lowest BCUT2D eigenvalue weighted by molar-refractivity contribution is 0.0602. The highest BCUT2D eigenvalue weighted by Crippen LogP contribution is 2.23. The molecule has 4 rings (SSSR count). The Morgan fingerprint density at radius 2 is 2.11 bits per heavy atom. The molecule has 9 heteroatoms. The second-order valence-electron chi connectivity index (χ2n) is 5.90. The van der Waals surface area contributed by atoms with Crippen molar-refractivity contribution in [1.29, 1.82) is 0 Å². The number of pyridine rings is 1. The average Bonchev–Trinajstić information content (AvgIpc) is 3.33. The van der Waals surface area contributed by atoms with E-state index in [-0.39, 0.29) is 12.2 Å². The minimum absolute atomic E-state index is 0.233. The van der Waals surface area contributed by atoms with Gasteiger partial charge in [-0.05, 0) is 23.8 Å². The Morgan fingerprint density at radius 3 is 2.93 bits per heavy atom. The number of rotatable bonds is 6. The normalized spacial score (nSPS) is 11.1. The van der Waals surface area contributed by atoms with Gasteiger partial charge >= 0.3 is 5.97 Å². The lowest BCUT2D eigenvalue weighted by Gasteiger charge is -2.00. The fraction of sp³-hybridized carbons (Fsp3) is 0.158. The van der Waals surface area contributed by atoms with E-state index >= 15 is 0 Å². The third-order valence-corrected chi connectivity index (χ3v) is 4.88. The van der Waals surface area contributed by atoms with Crippen molar-refractivity contribution in [2.24, 2.45) is 0 Å². The molecule has 0 spiro atoms. The van der Waals surface area contributed by atoms with Gasteiger partial charge in [-0.25, -0.2) is 14.2 Å². The van der Waals surface area contributed by atoms with Gasteiger partial charge in [-0.15, -0.1) is 10.2 Å². The van der Waals surface area contributed by atoms with E-state index in [2.05, 4.69) is 15.2 Å². The molecular formula is C19H15FN4O3S. The molecule has 142 valence electrons. The third-order valence-electron chi connectivity index (χ3n) is 4.03. The van der Waals surface area contributed by atoms with E-state index in [9.17, 15) is 9.18 Å². The zero-order chi connectivity index (χ0) is 19.5. The van der Waals surface area contributed by atoms with Crippen molar-refractivity contribution in [2.75, 3.05) is 7.11 Å². The molecule has 0 amide bonds. The summed E-state index contributed by atoms with van der Waals surface area (Å²) in [5.74, 6) is 0.0746. The standard InChI is InChI=1S/C19H15FN4O3S/c1-26-18(25)14-6-4-8-24-10-13(21-17(14)24)11-28-19-23-22-16(27-19)9-12-5-2-3-7-15(12)20/h2-8,10H,9,11H2,1H3. The largest absolute Gasteiger partial charge is 0.465 e. The van der Waals surface area contributed by atoms with Crippen molar-refractivity contribution in [3.8, 4) is 0 Å². The van der Waals surface area contributed by atoms with Crippen molar-refractivity contribution in [3.05, 3.63) is 77.3 Å². The maximum atomic E-state index is 13.7. The number of methoxy groups -OCH3 is 1. The Kier molecular flexibility index (Phi) is 5.07. The van der Waals surface area contributed by atoms with Gasteiger partial charge in [0.1, 0.15) is 11.4 Å². The number of fused-ring (bicyclic) bond motifs is 1. The molecule has 4 aromatic rings. The number of ether oxygens (including phenoxy) is 1. The second kappa shape index (κ2) is 7.81. The highest BCUT2D eigenvalue weighted by Gasteiger charge is 2.15. The Balaban J connectivity index is 1.46. The summed E-state index contributed by atoms with van der Waals surface area (Å²) in [6.07, 6.45) is 3.87. The number of halogens is 1. The van der Waals surface area contributed by atoms with Gasteiger partial charge in [-0.1, -0.05) is 30.0 Å². The van der Waals surface area contributed by atoms with Crippen LogP contribution < -0.4 is 0 Å². The number of benzene rings is 1. The topological polar surface area (TPSA) is 82.5 Å². The first-order valence-electron chi connectivity index (χ1n) is 8.37. The number of imidazole rings is 1. The van der Waals surface area contributed by atoms with Crippen LogP contribution in [0.25, 0.3) is 5.65 Å². The molecule has 0 atom stereocenters. The zero-order valence-corrected chi connectivity index (χ0v) is 15.6. The van der Waals surface area contributed by atoms with Gasteiger partial charge in [0.15, 0.2) is 5.65 Å². The molecule has 0 saturated carbocycles. The fourth-order valence-corrected chi connectivity index (χ4v) is 3.38. The molecule has 0 aliphatic heterocycles. The summed E-state index contributed by atoms with van der Waals surface area (Å²) in [5.41, 5.74) is 2.16. The number of carbonyl (C=O) groups is 1. The third kappa shape index (κ3) is 3.74. The molecule has 0 unspecified atom stereocenters. The van der Waals surface area contributed by atoms with Crippen LogP contribution in [0.5, 0.6) is 0 Å². The summed E-state index contributed by atoms with van der Waals surface area (Å²) < 4.78 is 25.9. The van der Waals surface area contributed by atoms with Crippen molar-refractivity contribution in [3.63, 3.8) is 0 Å². The highest BCUT2D eigenvalue weighted by molar-refractivity contribution is 7.98. The molecule has 0 aliphatic carbocycles. The summed E-state index contributed by atoms with van der Waals surface area (Å²) in [5, 5.41) is 8.32. The predicted molar refractivity (Wildman–Crippen MR) is 99.6 cm³/mol. The van der Waals surface area contributed by atoms with E-state index in [1.165, 1.54) is 24.9 Å². The first kappa shape index (κ1) is 18.2. The Labute approximate surface area is 163 Å². The van der Waals surface area contributed by atoms with E-state index < -0.39 is 5.97 Å². The fourth-order valence-electron chi connectivity index (χ4n) is 2.71. The maximum Gasteiger partial charge on any atom is 0.341 e. The van der Waals surface area contributed by atoms with Crippen LogP contribution in [-0.2, 0) is 16.9 Å². The maximum absolute atomic E-state index is 13.7. The first-order valence-corrected chi connectivity index (χ1v) is 9.36. The molecule has 7 nitrogen and oxygen atoms in total. The number of hydrogen-bond acceptors (Lipinski definition) is 7. The molecule has 0 fully saturated rings. The van der Waals surface area contributed by atoms with Crippen LogP contribution in [0, 0.1) is 5.82 Å². The SMILES string of the molecule is COC(=O)c1cccn2cc(CSc3nnc(Cc4ccccc4F)o3)nc12. The van der Waals surface area contributed by atoms with E-state index in [1.807, 2.05) is 12.4 Å². The average molecular weight is 398 g/mol. The summed E-state index contributed by atoms with van der Waals surface area (Å²) in [6, 6.07) is 9.89. The molecule has 28 heavy (non-hydrogen) atoms. The van der Waals surface area contributed by atoms with Gasteiger partial charge in [-0.3, -0.25) is 0 Å². The lowest BCUT2D eigenvalue weighted by atomic mass is 10.1. The van der Waals surface area contributed by atoms with Crippen molar-refractivity contribution >= 4 is 23.4 Å². The van der Waals surface area contributed by atoms with Gasteiger partial charge in [0.05, 0.1) is 19.2 Å².